The van der Waals surface area contributed by atoms with Crippen LogP contribution in [0.15, 0.2) is 0 Å². The number of carbonyl (C=O) groups is 1. The van der Waals surface area contributed by atoms with Crippen molar-refractivity contribution >= 4 is 5.91 Å². The Kier molecular flexibility index (Phi) is 5.44. The van der Waals surface area contributed by atoms with E-state index in [-0.39, 0.29) is 17.9 Å². The van der Waals surface area contributed by atoms with Crippen LogP contribution in [-0.4, -0.2) is 61.2 Å². The second-order valence-electron chi connectivity index (χ2n) is 7.13. The summed E-state index contributed by atoms with van der Waals surface area (Å²) in [6.07, 6.45) is 7.45. The molecule has 0 radical (unpaired) electrons. The predicted octanol–water partition coefficient (Wildman–Crippen LogP) is 1.73. The summed E-state index contributed by atoms with van der Waals surface area (Å²) in [4.78, 5) is 16.4. The highest BCUT2D eigenvalue weighted by Crippen LogP contribution is 2.44. The fraction of sp³-hybridized carbons (Fsp3) is 0.938. The quantitative estimate of drug-likeness (QED) is 0.773. The van der Waals surface area contributed by atoms with E-state index in [4.69, 9.17) is 0 Å². The smallest absolute Gasteiger partial charge is 0.222 e. The average Bonchev–Trinajstić information content (AvgIpc) is 3.22. The molecule has 1 atom stereocenters. The molecule has 0 spiro atoms. The van der Waals surface area contributed by atoms with Gasteiger partial charge in [-0.25, -0.2) is 0 Å². The Balaban J connectivity index is 1.83. The molecule has 1 aliphatic carbocycles. The van der Waals surface area contributed by atoms with Crippen LogP contribution in [0.25, 0.3) is 0 Å². The summed E-state index contributed by atoms with van der Waals surface area (Å²) in [5, 5.41) is 9.82. The topological polar surface area (TPSA) is 43.8 Å². The number of amides is 1. The minimum atomic E-state index is -0.00335. The number of nitrogens with zero attached hydrogens (tertiary/aromatic N) is 2. The maximum atomic E-state index is 12.3. The van der Waals surface area contributed by atoms with Gasteiger partial charge in [0.05, 0.1) is 6.61 Å². The number of hydrogen-bond acceptors (Lipinski definition) is 3. The third kappa shape index (κ3) is 4.45. The molecule has 1 heterocycles. The van der Waals surface area contributed by atoms with E-state index in [2.05, 4.69) is 4.90 Å². The molecular formula is C16H30N2O2. The third-order valence-corrected chi connectivity index (χ3v) is 4.76. The Morgan fingerprint density at radius 1 is 1.40 bits per heavy atom. The van der Waals surface area contributed by atoms with Crippen molar-refractivity contribution in [2.45, 2.75) is 44.9 Å². The SMILES string of the molecule is CN(C)CCCC(=O)N1CCCC(CO)(CC2CC2)C1. The molecule has 2 fully saturated rings. The molecule has 1 saturated carbocycles. The predicted molar refractivity (Wildman–Crippen MR) is 80.5 cm³/mol. The molecule has 0 aromatic carbocycles. The van der Waals surface area contributed by atoms with E-state index in [1.165, 1.54) is 12.8 Å². The van der Waals surface area contributed by atoms with Gasteiger partial charge >= 0.3 is 0 Å². The van der Waals surface area contributed by atoms with E-state index in [9.17, 15) is 9.90 Å². The zero-order valence-electron chi connectivity index (χ0n) is 13.1. The standard InChI is InChI=1S/C16H30N2O2/c1-17(2)9-3-5-15(20)18-10-4-8-16(12-18,13-19)11-14-6-7-14/h14,19H,3-13H2,1-2H3. The molecule has 2 aliphatic rings. The van der Waals surface area contributed by atoms with Gasteiger partial charge in [-0.3, -0.25) is 4.79 Å². The molecule has 1 amide bonds. The van der Waals surface area contributed by atoms with Crippen molar-refractivity contribution in [2.24, 2.45) is 11.3 Å². The first-order valence-corrected chi connectivity index (χ1v) is 8.08. The van der Waals surface area contributed by atoms with Gasteiger partial charge in [-0.05, 0) is 52.2 Å². The minimum absolute atomic E-state index is 0.00335. The fourth-order valence-corrected chi connectivity index (χ4v) is 3.42. The average molecular weight is 282 g/mol. The number of aliphatic hydroxyl groups excluding tert-OH is 1. The van der Waals surface area contributed by atoms with Crippen LogP contribution in [0, 0.1) is 11.3 Å². The monoisotopic (exact) mass is 282 g/mol. The largest absolute Gasteiger partial charge is 0.396 e. The lowest BCUT2D eigenvalue weighted by Crippen LogP contribution is -2.48. The Labute approximate surface area is 123 Å². The molecule has 1 unspecified atom stereocenters. The number of aliphatic hydroxyl groups is 1. The van der Waals surface area contributed by atoms with Gasteiger partial charge in [0, 0.05) is 24.9 Å². The van der Waals surface area contributed by atoms with Crippen molar-refractivity contribution in [1.29, 1.82) is 0 Å². The van der Waals surface area contributed by atoms with Crippen LogP contribution in [0.4, 0.5) is 0 Å². The van der Waals surface area contributed by atoms with Crippen molar-refractivity contribution in [2.75, 3.05) is 40.3 Å². The summed E-state index contributed by atoms with van der Waals surface area (Å²) in [6.45, 7) is 2.87. The molecule has 116 valence electrons. The van der Waals surface area contributed by atoms with E-state index >= 15 is 0 Å². The minimum Gasteiger partial charge on any atom is -0.396 e. The second kappa shape index (κ2) is 6.90. The molecule has 1 aliphatic heterocycles. The highest BCUT2D eigenvalue weighted by Gasteiger charge is 2.40. The van der Waals surface area contributed by atoms with Gasteiger partial charge < -0.3 is 14.9 Å². The first-order chi connectivity index (χ1) is 9.54. The lowest BCUT2D eigenvalue weighted by molar-refractivity contribution is -0.136. The molecule has 2 rings (SSSR count). The van der Waals surface area contributed by atoms with Crippen molar-refractivity contribution in [3.8, 4) is 0 Å². The summed E-state index contributed by atoms with van der Waals surface area (Å²) in [5.74, 6) is 1.09. The molecule has 0 bridgehead atoms. The third-order valence-electron chi connectivity index (χ3n) is 4.76. The molecular weight excluding hydrogens is 252 g/mol. The van der Waals surface area contributed by atoms with Gasteiger partial charge in [-0.2, -0.15) is 0 Å². The number of piperidine rings is 1. The molecule has 4 nitrogen and oxygen atoms in total. The van der Waals surface area contributed by atoms with Crippen molar-refractivity contribution < 1.29 is 9.90 Å². The van der Waals surface area contributed by atoms with E-state index < -0.39 is 0 Å². The number of hydrogen-bond donors (Lipinski definition) is 1. The van der Waals surface area contributed by atoms with Crippen LogP contribution in [0.3, 0.4) is 0 Å². The first-order valence-electron chi connectivity index (χ1n) is 8.08. The van der Waals surface area contributed by atoms with Gasteiger partial charge in [0.25, 0.3) is 0 Å². The summed E-state index contributed by atoms with van der Waals surface area (Å²) in [5.41, 5.74) is -0.00335. The molecule has 4 heteroatoms. The van der Waals surface area contributed by atoms with Crippen LogP contribution in [0.2, 0.25) is 0 Å². The van der Waals surface area contributed by atoms with E-state index in [1.807, 2.05) is 19.0 Å². The zero-order chi connectivity index (χ0) is 14.6. The fourth-order valence-electron chi connectivity index (χ4n) is 3.42. The van der Waals surface area contributed by atoms with Crippen LogP contribution in [0.5, 0.6) is 0 Å². The normalized spacial score (nSPS) is 27.1. The van der Waals surface area contributed by atoms with Crippen LogP contribution in [-0.2, 0) is 4.79 Å². The van der Waals surface area contributed by atoms with E-state index in [0.717, 1.165) is 51.2 Å². The van der Waals surface area contributed by atoms with Gasteiger partial charge in [-0.1, -0.05) is 12.8 Å². The van der Waals surface area contributed by atoms with Gasteiger partial charge in [0.2, 0.25) is 5.91 Å². The van der Waals surface area contributed by atoms with Crippen molar-refractivity contribution in [3.05, 3.63) is 0 Å². The second-order valence-corrected chi connectivity index (χ2v) is 7.13. The summed E-state index contributed by atoms with van der Waals surface area (Å²) in [6, 6.07) is 0. The number of rotatable bonds is 7. The summed E-state index contributed by atoms with van der Waals surface area (Å²) < 4.78 is 0. The van der Waals surface area contributed by atoms with Crippen LogP contribution >= 0.6 is 0 Å². The molecule has 1 saturated heterocycles. The zero-order valence-corrected chi connectivity index (χ0v) is 13.1. The Hall–Kier alpha value is -0.610. The Morgan fingerprint density at radius 3 is 2.75 bits per heavy atom. The van der Waals surface area contributed by atoms with Crippen LogP contribution < -0.4 is 0 Å². The van der Waals surface area contributed by atoms with Crippen LogP contribution in [0.1, 0.15) is 44.9 Å². The number of carbonyl (C=O) groups excluding carboxylic acids is 1. The van der Waals surface area contributed by atoms with Crippen molar-refractivity contribution in [1.82, 2.24) is 9.80 Å². The summed E-state index contributed by atoms with van der Waals surface area (Å²) >= 11 is 0. The maximum Gasteiger partial charge on any atom is 0.222 e. The number of likely N-dealkylation sites (tertiary alicyclic amines) is 1. The first kappa shape index (κ1) is 15.8. The molecule has 0 aromatic rings. The molecule has 1 N–H and O–H groups in total. The Morgan fingerprint density at radius 2 is 2.15 bits per heavy atom. The highest BCUT2D eigenvalue weighted by molar-refractivity contribution is 5.76. The summed E-state index contributed by atoms with van der Waals surface area (Å²) in [7, 11) is 4.08. The van der Waals surface area contributed by atoms with Gasteiger partial charge in [0.1, 0.15) is 0 Å². The van der Waals surface area contributed by atoms with E-state index in [1.54, 1.807) is 0 Å². The van der Waals surface area contributed by atoms with E-state index in [0.29, 0.717) is 6.42 Å². The molecule has 0 aromatic heterocycles. The van der Waals surface area contributed by atoms with Gasteiger partial charge in [0.15, 0.2) is 0 Å². The van der Waals surface area contributed by atoms with Gasteiger partial charge in [-0.15, -0.1) is 0 Å². The maximum absolute atomic E-state index is 12.3. The Bertz CT molecular complexity index is 328. The highest BCUT2D eigenvalue weighted by atomic mass is 16.3. The van der Waals surface area contributed by atoms with Crippen molar-refractivity contribution in [3.63, 3.8) is 0 Å². The lowest BCUT2D eigenvalue weighted by atomic mass is 9.76. The lowest BCUT2D eigenvalue weighted by Gasteiger charge is -2.42. The molecule has 20 heavy (non-hydrogen) atoms.